The van der Waals surface area contributed by atoms with Crippen LogP contribution in [0.25, 0.3) is 0 Å². The number of halogens is 2. The molecule has 2 atom stereocenters. The largest absolute Gasteiger partial charge is 0.300 e. The average Bonchev–Trinajstić information content (AvgIpc) is 3.51. The first kappa shape index (κ1) is 17.4. The molecule has 2 saturated carbocycles. The van der Waals surface area contributed by atoms with Gasteiger partial charge in [0.2, 0.25) is 0 Å². The molecule has 26 heavy (non-hydrogen) atoms. The summed E-state index contributed by atoms with van der Waals surface area (Å²) in [5, 5.41) is 0. The Morgan fingerprint density at radius 2 is 1.23 bits per heavy atom. The number of ketones is 1. The van der Waals surface area contributed by atoms with Crippen molar-refractivity contribution in [2.24, 2.45) is 11.8 Å². The van der Waals surface area contributed by atoms with Crippen LogP contribution in [-0.2, 0) is 4.79 Å². The van der Waals surface area contributed by atoms with Crippen LogP contribution in [0.3, 0.4) is 0 Å². The molecule has 2 aromatic rings. The highest BCUT2D eigenvalue weighted by molar-refractivity contribution is 5.80. The predicted molar refractivity (Wildman–Crippen MR) is 98.0 cm³/mol. The highest BCUT2D eigenvalue weighted by Crippen LogP contribution is 2.47. The Morgan fingerprint density at radius 1 is 0.808 bits per heavy atom. The lowest BCUT2D eigenvalue weighted by molar-refractivity contribution is -0.120. The van der Waals surface area contributed by atoms with Gasteiger partial charge >= 0.3 is 0 Å². The van der Waals surface area contributed by atoms with Crippen molar-refractivity contribution in [3.63, 3.8) is 0 Å². The van der Waals surface area contributed by atoms with Gasteiger partial charge in [0.15, 0.2) is 0 Å². The van der Waals surface area contributed by atoms with Gasteiger partial charge in [-0.15, -0.1) is 0 Å². The number of carbonyl (C=O) groups is 1. The van der Waals surface area contributed by atoms with Crippen LogP contribution in [0.4, 0.5) is 8.78 Å². The zero-order chi connectivity index (χ0) is 18.1. The topological polar surface area (TPSA) is 17.1 Å². The summed E-state index contributed by atoms with van der Waals surface area (Å²) in [6, 6.07) is 13.4. The number of benzene rings is 2. The van der Waals surface area contributed by atoms with Crippen LogP contribution in [0.2, 0.25) is 0 Å². The maximum Gasteiger partial charge on any atom is 0.134 e. The van der Waals surface area contributed by atoms with Gasteiger partial charge in [-0.2, -0.15) is 0 Å². The van der Waals surface area contributed by atoms with Gasteiger partial charge in [-0.1, -0.05) is 24.3 Å². The van der Waals surface area contributed by atoms with E-state index in [1.54, 1.807) is 24.3 Å². The van der Waals surface area contributed by atoms with Crippen molar-refractivity contribution in [3.05, 3.63) is 71.3 Å². The van der Waals surface area contributed by atoms with Crippen molar-refractivity contribution in [1.29, 1.82) is 0 Å². The standard InChI is InChI=1S/C23H24F2O/c24-19-5-1-3-17(11-19)22(15-7-8-15)13-21(26)14-23(16-9-10-16)18-4-2-6-20(25)12-18/h1-6,11-12,15-16,22-23H,7-10,13-14H2. The molecular weight excluding hydrogens is 330 g/mol. The molecule has 0 aromatic heterocycles. The first-order chi connectivity index (χ1) is 12.6. The Morgan fingerprint density at radius 3 is 1.58 bits per heavy atom. The Hall–Kier alpha value is -2.03. The van der Waals surface area contributed by atoms with E-state index in [9.17, 15) is 13.6 Å². The number of carbonyl (C=O) groups excluding carboxylic acids is 1. The molecule has 4 rings (SSSR count). The van der Waals surface area contributed by atoms with Crippen molar-refractivity contribution in [3.8, 4) is 0 Å². The highest BCUT2D eigenvalue weighted by atomic mass is 19.1. The maximum atomic E-state index is 13.6. The zero-order valence-corrected chi connectivity index (χ0v) is 14.8. The minimum absolute atomic E-state index is 0.116. The summed E-state index contributed by atoms with van der Waals surface area (Å²) < 4.78 is 27.2. The molecule has 2 aromatic carbocycles. The summed E-state index contributed by atoms with van der Waals surface area (Å²) in [4.78, 5) is 12.9. The molecule has 0 bridgehead atoms. The van der Waals surface area contributed by atoms with E-state index in [1.165, 1.54) is 12.1 Å². The third-order valence-electron chi connectivity index (χ3n) is 5.83. The van der Waals surface area contributed by atoms with Crippen LogP contribution in [0.1, 0.15) is 61.5 Å². The molecule has 2 aliphatic carbocycles. The summed E-state index contributed by atoms with van der Waals surface area (Å²) in [6.45, 7) is 0. The van der Waals surface area contributed by atoms with Crippen molar-refractivity contribution < 1.29 is 13.6 Å². The second-order valence-electron chi connectivity index (χ2n) is 7.94. The second-order valence-corrected chi connectivity index (χ2v) is 7.94. The predicted octanol–water partition coefficient (Wildman–Crippen LogP) is 6.00. The van der Waals surface area contributed by atoms with Gasteiger partial charge in [0.25, 0.3) is 0 Å². The van der Waals surface area contributed by atoms with Gasteiger partial charge in [-0.25, -0.2) is 8.78 Å². The second kappa shape index (κ2) is 7.30. The molecule has 0 spiro atoms. The molecule has 1 nitrogen and oxygen atoms in total. The molecule has 3 heteroatoms. The summed E-state index contributed by atoms with van der Waals surface area (Å²) in [6.07, 6.45) is 5.39. The maximum absolute atomic E-state index is 13.6. The lowest BCUT2D eigenvalue weighted by Crippen LogP contribution is -2.14. The van der Waals surface area contributed by atoms with Crippen LogP contribution in [0.5, 0.6) is 0 Å². The van der Waals surface area contributed by atoms with Crippen LogP contribution >= 0.6 is 0 Å². The first-order valence-corrected chi connectivity index (χ1v) is 9.63. The van der Waals surface area contributed by atoms with Gasteiger partial charge in [-0.05, 0) is 84.7 Å². The fourth-order valence-corrected chi connectivity index (χ4v) is 4.16. The molecule has 0 heterocycles. The molecule has 136 valence electrons. The molecule has 0 aliphatic heterocycles. The van der Waals surface area contributed by atoms with Gasteiger partial charge in [0.1, 0.15) is 17.4 Å². The van der Waals surface area contributed by atoms with E-state index in [1.807, 2.05) is 12.1 Å². The Kier molecular flexibility index (Phi) is 4.88. The van der Waals surface area contributed by atoms with Crippen LogP contribution in [0, 0.1) is 23.5 Å². The summed E-state index contributed by atoms with van der Waals surface area (Å²) in [5.74, 6) is 0.958. The molecule has 2 unspecified atom stereocenters. The molecule has 0 N–H and O–H groups in total. The van der Waals surface area contributed by atoms with Gasteiger partial charge in [0, 0.05) is 12.8 Å². The number of hydrogen-bond donors (Lipinski definition) is 0. The monoisotopic (exact) mass is 354 g/mol. The normalized spacial score (nSPS) is 19.2. The van der Waals surface area contributed by atoms with Gasteiger partial charge in [-0.3, -0.25) is 4.79 Å². The van der Waals surface area contributed by atoms with Crippen molar-refractivity contribution in [2.45, 2.75) is 50.4 Å². The average molecular weight is 354 g/mol. The smallest absolute Gasteiger partial charge is 0.134 e. The van der Waals surface area contributed by atoms with E-state index in [4.69, 9.17) is 0 Å². The van der Waals surface area contributed by atoms with E-state index < -0.39 is 0 Å². The van der Waals surface area contributed by atoms with Crippen molar-refractivity contribution in [1.82, 2.24) is 0 Å². The van der Waals surface area contributed by atoms with Crippen LogP contribution < -0.4 is 0 Å². The van der Waals surface area contributed by atoms with Gasteiger partial charge < -0.3 is 0 Å². The summed E-state index contributed by atoms with van der Waals surface area (Å²) in [7, 11) is 0. The Balaban J connectivity index is 1.47. The SMILES string of the molecule is O=C(CC(c1cccc(F)c1)C1CC1)CC(c1cccc(F)c1)C1CC1. The van der Waals surface area contributed by atoms with Crippen LogP contribution in [-0.4, -0.2) is 5.78 Å². The lowest BCUT2D eigenvalue weighted by Gasteiger charge is -2.20. The first-order valence-electron chi connectivity index (χ1n) is 9.63. The Labute approximate surface area is 153 Å². The minimum Gasteiger partial charge on any atom is -0.300 e. The summed E-state index contributed by atoms with van der Waals surface area (Å²) in [5.41, 5.74) is 1.88. The lowest BCUT2D eigenvalue weighted by atomic mass is 9.84. The van der Waals surface area contributed by atoms with E-state index in [-0.39, 0.29) is 29.3 Å². The third kappa shape index (κ3) is 4.20. The molecule has 2 aliphatic rings. The third-order valence-corrected chi connectivity index (χ3v) is 5.83. The molecule has 0 saturated heterocycles. The number of hydrogen-bond acceptors (Lipinski definition) is 1. The zero-order valence-electron chi connectivity index (χ0n) is 14.8. The molecule has 2 fully saturated rings. The molecular formula is C23H24F2O. The highest BCUT2D eigenvalue weighted by Gasteiger charge is 2.37. The van der Waals surface area contributed by atoms with E-state index in [0.717, 1.165) is 36.8 Å². The Bertz CT molecular complexity index is 727. The fourth-order valence-electron chi connectivity index (χ4n) is 4.16. The molecule has 0 radical (unpaired) electrons. The van der Waals surface area contributed by atoms with Crippen molar-refractivity contribution >= 4 is 5.78 Å². The van der Waals surface area contributed by atoms with E-state index >= 15 is 0 Å². The quantitative estimate of drug-likeness (QED) is 0.568. The number of Topliss-reactive ketones (excluding diaryl/α,β-unsaturated/α-hetero) is 1. The van der Waals surface area contributed by atoms with E-state index in [0.29, 0.717) is 24.7 Å². The van der Waals surface area contributed by atoms with Crippen molar-refractivity contribution in [2.75, 3.05) is 0 Å². The van der Waals surface area contributed by atoms with Crippen LogP contribution in [0.15, 0.2) is 48.5 Å². The molecule has 0 amide bonds. The summed E-state index contributed by atoms with van der Waals surface area (Å²) >= 11 is 0. The van der Waals surface area contributed by atoms with Gasteiger partial charge in [0.05, 0.1) is 0 Å². The number of rotatable bonds is 8. The van der Waals surface area contributed by atoms with E-state index in [2.05, 4.69) is 0 Å². The minimum atomic E-state index is -0.240. The fraction of sp³-hybridized carbons (Fsp3) is 0.435.